The van der Waals surface area contributed by atoms with E-state index in [1.165, 1.54) is 5.57 Å². The zero-order valence-electron chi connectivity index (χ0n) is 29.0. The highest BCUT2D eigenvalue weighted by Gasteiger charge is 2.71. The number of carboxylic acids is 3. The van der Waals surface area contributed by atoms with E-state index < -0.39 is 23.3 Å². The summed E-state index contributed by atoms with van der Waals surface area (Å²) < 4.78 is 0. The third-order valence-electron chi connectivity index (χ3n) is 15.3. The van der Waals surface area contributed by atoms with Crippen LogP contribution >= 0.6 is 0 Å². The molecule has 256 valence electrons. The van der Waals surface area contributed by atoms with Crippen molar-refractivity contribution in [2.75, 3.05) is 13.1 Å². The third-order valence-corrected chi connectivity index (χ3v) is 15.3. The van der Waals surface area contributed by atoms with E-state index in [1.807, 2.05) is 12.1 Å². The summed E-state index contributed by atoms with van der Waals surface area (Å²) in [7, 11) is 0. The van der Waals surface area contributed by atoms with Gasteiger partial charge in [0.1, 0.15) is 0 Å². The number of rotatable bonds is 9. The zero-order valence-corrected chi connectivity index (χ0v) is 29.0. The minimum Gasteiger partial charge on any atom is -0.481 e. The smallest absolute Gasteiger partial charge is 0.335 e. The molecule has 0 heterocycles. The molecule has 0 aliphatic heterocycles. The van der Waals surface area contributed by atoms with E-state index in [0.29, 0.717) is 42.8 Å². The summed E-state index contributed by atoms with van der Waals surface area (Å²) in [6.45, 7) is 17.8. The molecule has 9 atom stereocenters. The first kappa shape index (κ1) is 34.0. The van der Waals surface area contributed by atoms with Gasteiger partial charge in [0.05, 0.1) is 17.4 Å². The molecule has 1 aromatic rings. The van der Waals surface area contributed by atoms with Crippen LogP contribution in [0.2, 0.25) is 0 Å². The van der Waals surface area contributed by atoms with Crippen molar-refractivity contribution in [3.8, 4) is 0 Å². The van der Waals surface area contributed by atoms with Crippen molar-refractivity contribution in [1.82, 2.24) is 5.32 Å². The van der Waals surface area contributed by atoms with Crippen LogP contribution in [-0.2, 0) is 9.59 Å². The van der Waals surface area contributed by atoms with Gasteiger partial charge < -0.3 is 20.6 Å². The highest BCUT2D eigenvalue weighted by molar-refractivity contribution is 5.88. The number of carbonyl (C=O) groups is 3. The number of aromatic carboxylic acids is 1. The van der Waals surface area contributed by atoms with Crippen LogP contribution in [0.15, 0.2) is 42.5 Å². The lowest BCUT2D eigenvalue weighted by atomic mass is 9.32. The number of aliphatic carboxylic acids is 2. The highest BCUT2D eigenvalue weighted by Crippen LogP contribution is 2.77. The summed E-state index contributed by atoms with van der Waals surface area (Å²) in [5, 5.41) is 32.6. The minimum absolute atomic E-state index is 0.0217. The van der Waals surface area contributed by atoms with Crippen molar-refractivity contribution in [2.24, 2.45) is 56.7 Å². The van der Waals surface area contributed by atoms with Gasteiger partial charge in [0.25, 0.3) is 0 Å². The zero-order chi connectivity index (χ0) is 34.2. The molecule has 9 unspecified atom stereocenters. The molecule has 0 aromatic heterocycles. The van der Waals surface area contributed by atoms with Crippen LogP contribution < -0.4 is 5.32 Å². The molecule has 4 N–H and O–H groups in total. The van der Waals surface area contributed by atoms with Crippen molar-refractivity contribution < 1.29 is 29.7 Å². The molecule has 4 saturated carbocycles. The molecule has 4 fully saturated rings. The monoisotopic (exact) mass is 645 g/mol. The van der Waals surface area contributed by atoms with Crippen LogP contribution in [-0.4, -0.2) is 46.3 Å². The van der Waals surface area contributed by atoms with Crippen molar-refractivity contribution >= 4 is 23.5 Å². The Morgan fingerprint density at radius 1 is 0.851 bits per heavy atom. The van der Waals surface area contributed by atoms with Crippen LogP contribution in [0.1, 0.15) is 115 Å². The first-order valence-electron chi connectivity index (χ1n) is 17.9. The fourth-order valence-corrected chi connectivity index (χ4v) is 12.9. The molecule has 7 nitrogen and oxygen atoms in total. The number of allylic oxidation sites excluding steroid dienone is 2. The van der Waals surface area contributed by atoms with E-state index in [-0.39, 0.29) is 39.9 Å². The van der Waals surface area contributed by atoms with E-state index in [9.17, 15) is 24.6 Å². The van der Waals surface area contributed by atoms with Gasteiger partial charge in [-0.2, -0.15) is 0 Å². The van der Waals surface area contributed by atoms with Gasteiger partial charge in [-0.25, -0.2) is 4.79 Å². The molecule has 0 bridgehead atoms. The molecule has 7 heteroatoms. The Kier molecular flexibility index (Phi) is 8.38. The fraction of sp³-hybridized carbons (Fsp3) is 0.675. The maximum absolute atomic E-state index is 13.2. The summed E-state index contributed by atoms with van der Waals surface area (Å²) in [4.78, 5) is 35.7. The molecule has 1 aromatic carbocycles. The normalized spacial score (nSPS) is 40.2. The van der Waals surface area contributed by atoms with Gasteiger partial charge in [0, 0.05) is 13.1 Å². The van der Waals surface area contributed by atoms with Gasteiger partial charge >= 0.3 is 17.9 Å². The number of fused-ring (bicyclic) bond motifs is 7. The molecule has 5 aliphatic carbocycles. The van der Waals surface area contributed by atoms with Gasteiger partial charge in [-0.1, -0.05) is 65.0 Å². The second kappa shape index (κ2) is 11.6. The molecule has 0 radical (unpaired) electrons. The Morgan fingerprint density at radius 2 is 1.55 bits per heavy atom. The quantitative estimate of drug-likeness (QED) is 0.158. The first-order valence-corrected chi connectivity index (χ1v) is 17.9. The Morgan fingerprint density at radius 3 is 2.19 bits per heavy atom. The number of benzene rings is 1. The molecular weight excluding hydrogens is 590 g/mol. The molecule has 5 aliphatic rings. The third kappa shape index (κ3) is 4.96. The molecule has 0 saturated heterocycles. The Balaban J connectivity index is 1.31. The first-order chi connectivity index (χ1) is 22.0. The molecule has 0 spiro atoms. The van der Waals surface area contributed by atoms with Crippen molar-refractivity contribution in [1.29, 1.82) is 0 Å². The van der Waals surface area contributed by atoms with Gasteiger partial charge in [-0.3, -0.25) is 9.59 Å². The summed E-state index contributed by atoms with van der Waals surface area (Å²) in [6, 6.07) is 7.39. The predicted molar refractivity (Wildman–Crippen MR) is 183 cm³/mol. The maximum Gasteiger partial charge on any atom is 0.335 e. The molecular formula is C40H55NO6. The number of carboxylic acid groups (broad SMARTS) is 3. The Labute approximate surface area is 280 Å². The Hall–Kier alpha value is -2.93. The van der Waals surface area contributed by atoms with Crippen LogP contribution in [0.5, 0.6) is 0 Å². The second-order valence-electron chi connectivity index (χ2n) is 17.2. The Bertz CT molecular complexity index is 1490. The molecule has 6 rings (SSSR count). The number of hydrogen-bond acceptors (Lipinski definition) is 4. The highest BCUT2D eigenvalue weighted by atomic mass is 16.4. The van der Waals surface area contributed by atoms with E-state index >= 15 is 0 Å². The summed E-state index contributed by atoms with van der Waals surface area (Å²) in [5.41, 5.74) is 3.25. The lowest BCUT2D eigenvalue weighted by molar-refractivity contribution is -0.228. The average Bonchev–Trinajstić information content (AvgIpc) is 3.41. The van der Waals surface area contributed by atoms with Gasteiger partial charge in [-0.15, -0.1) is 0 Å². The van der Waals surface area contributed by atoms with Crippen LogP contribution in [0, 0.1) is 56.7 Å². The van der Waals surface area contributed by atoms with E-state index in [0.717, 1.165) is 62.5 Å². The molecule has 0 amide bonds. The van der Waals surface area contributed by atoms with Crippen molar-refractivity contribution in [2.45, 2.75) is 98.8 Å². The maximum atomic E-state index is 13.2. The largest absolute Gasteiger partial charge is 0.481 e. The van der Waals surface area contributed by atoms with E-state index in [4.69, 9.17) is 5.11 Å². The SMILES string of the molecule is C=C(CNCCC(=O)O)C1CCC2(C(=O)O)CCC3(C)C(CCC4C5(C)CC=C(c6ccc(C(=O)O)cc6)C(C)(C)C5CCC43C)C12. The van der Waals surface area contributed by atoms with E-state index in [2.05, 4.69) is 52.6 Å². The van der Waals surface area contributed by atoms with E-state index in [1.54, 1.807) is 12.1 Å². The molecule has 47 heavy (non-hydrogen) atoms. The minimum atomic E-state index is -0.902. The van der Waals surface area contributed by atoms with Crippen LogP contribution in [0.3, 0.4) is 0 Å². The number of nitrogens with one attached hydrogen (secondary N) is 1. The fourth-order valence-electron chi connectivity index (χ4n) is 12.9. The second-order valence-corrected chi connectivity index (χ2v) is 17.2. The van der Waals surface area contributed by atoms with Crippen LogP contribution in [0.25, 0.3) is 5.57 Å². The standard InChI is InChI=1S/C40H55NO6/c1-24(23-41-22-16-32(42)43)27-13-19-40(35(46)47)21-20-38(5)29(33(27)40)11-12-31-37(4)17-14-28(25-7-9-26(10-8-25)34(44)45)36(2,3)30(37)15-18-39(31,38)6/h7-10,14,27,29-31,33,41H,1,11-13,15-23H2,2-6H3,(H,42,43)(H,44,45)(H,46,47). The predicted octanol–water partition coefficient (Wildman–Crippen LogP) is 8.16. The summed E-state index contributed by atoms with van der Waals surface area (Å²) in [5.74, 6) is -0.847. The van der Waals surface area contributed by atoms with Gasteiger partial charge in [0.15, 0.2) is 0 Å². The van der Waals surface area contributed by atoms with Crippen molar-refractivity contribution in [3.63, 3.8) is 0 Å². The number of hydrogen-bond donors (Lipinski definition) is 4. The lowest BCUT2D eigenvalue weighted by Crippen LogP contribution is -2.66. The van der Waals surface area contributed by atoms with Gasteiger partial charge in [0.2, 0.25) is 0 Å². The van der Waals surface area contributed by atoms with Crippen molar-refractivity contribution in [3.05, 3.63) is 53.6 Å². The lowest BCUT2D eigenvalue weighted by Gasteiger charge is -2.72. The summed E-state index contributed by atoms with van der Waals surface area (Å²) >= 11 is 0. The van der Waals surface area contributed by atoms with Crippen LogP contribution in [0.4, 0.5) is 0 Å². The summed E-state index contributed by atoms with van der Waals surface area (Å²) in [6.07, 6.45) is 11.2. The van der Waals surface area contributed by atoms with Gasteiger partial charge in [-0.05, 0) is 132 Å². The average molecular weight is 646 g/mol. The topological polar surface area (TPSA) is 124 Å².